The van der Waals surface area contributed by atoms with Crippen LogP contribution in [0.5, 0.6) is 5.75 Å². The number of alkyl halides is 3. The Bertz CT molecular complexity index is 770. The first kappa shape index (κ1) is 16.7. The predicted molar refractivity (Wildman–Crippen MR) is 65.4 cm³/mol. The normalized spacial score (nSPS) is 11.4. The van der Waals surface area contributed by atoms with Gasteiger partial charge >= 0.3 is 12.3 Å². The van der Waals surface area contributed by atoms with E-state index in [1.807, 2.05) is 0 Å². The van der Waals surface area contributed by atoms with Gasteiger partial charge in [-0.1, -0.05) is 6.07 Å². The van der Waals surface area contributed by atoms with Gasteiger partial charge in [-0.3, -0.25) is 0 Å². The minimum atomic E-state index is -5.13. The molecular formula is C14H6F6O3. The molecular weight excluding hydrogens is 330 g/mol. The molecule has 0 bridgehead atoms. The highest BCUT2D eigenvalue weighted by atomic mass is 19.4. The van der Waals surface area contributed by atoms with Crippen LogP contribution in [0.25, 0.3) is 11.1 Å². The zero-order valence-electron chi connectivity index (χ0n) is 10.9. The molecule has 0 radical (unpaired) electrons. The van der Waals surface area contributed by atoms with Crippen molar-refractivity contribution in [3.8, 4) is 16.9 Å². The quantitative estimate of drug-likeness (QED) is 0.669. The molecule has 122 valence electrons. The Hall–Kier alpha value is -2.71. The minimum absolute atomic E-state index is 0.241. The lowest BCUT2D eigenvalue weighted by atomic mass is 10.0. The van der Waals surface area contributed by atoms with E-state index in [1.54, 1.807) is 0 Å². The van der Waals surface area contributed by atoms with E-state index in [4.69, 9.17) is 5.11 Å². The second kappa shape index (κ2) is 5.82. The van der Waals surface area contributed by atoms with Crippen LogP contribution in [0.4, 0.5) is 26.3 Å². The number of aromatic carboxylic acids is 1. The zero-order chi connectivity index (χ0) is 17.4. The summed E-state index contributed by atoms with van der Waals surface area (Å²) in [6.07, 6.45) is -5.13. The third-order valence-electron chi connectivity index (χ3n) is 2.76. The molecule has 2 aromatic carbocycles. The van der Waals surface area contributed by atoms with Crippen molar-refractivity contribution in [2.24, 2.45) is 0 Å². The maximum Gasteiger partial charge on any atom is 0.573 e. The van der Waals surface area contributed by atoms with E-state index in [9.17, 15) is 31.1 Å². The Morgan fingerprint density at radius 1 is 0.957 bits per heavy atom. The van der Waals surface area contributed by atoms with E-state index in [-0.39, 0.29) is 11.6 Å². The highest BCUT2D eigenvalue weighted by Gasteiger charge is 2.33. The van der Waals surface area contributed by atoms with Crippen LogP contribution in [0, 0.1) is 17.5 Å². The topological polar surface area (TPSA) is 46.5 Å². The summed E-state index contributed by atoms with van der Waals surface area (Å²) in [5.74, 6) is -6.84. The van der Waals surface area contributed by atoms with Crippen molar-refractivity contribution in [3.63, 3.8) is 0 Å². The maximum atomic E-state index is 13.7. The van der Waals surface area contributed by atoms with Gasteiger partial charge < -0.3 is 9.84 Å². The molecule has 0 atom stereocenters. The zero-order valence-corrected chi connectivity index (χ0v) is 10.9. The average Bonchev–Trinajstić information content (AvgIpc) is 2.41. The van der Waals surface area contributed by atoms with Gasteiger partial charge in [0.2, 0.25) is 0 Å². The molecule has 23 heavy (non-hydrogen) atoms. The fourth-order valence-electron chi connectivity index (χ4n) is 1.82. The Kier molecular flexibility index (Phi) is 4.22. The number of carbonyl (C=O) groups is 1. The fraction of sp³-hybridized carbons (Fsp3) is 0.0714. The summed E-state index contributed by atoms with van der Waals surface area (Å²) in [4.78, 5) is 11.0. The van der Waals surface area contributed by atoms with Crippen LogP contribution in [0.2, 0.25) is 0 Å². The first-order valence-corrected chi connectivity index (χ1v) is 5.86. The van der Waals surface area contributed by atoms with Gasteiger partial charge in [0.15, 0.2) is 11.6 Å². The minimum Gasteiger partial charge on any atom is -0.478 e. The van der Waals surface area contributed by atoms with Crippen LogP contribution in [-0.2, 0) is 0 Å². The molecule has 0 heterocycles. The number of ether oxygens (including phenoxy) is 1. The van der Waals surface area contributed by atoms with E-state index in [0.717, 1.165) is 6.07 Å². The SMILES string of the molecule is O=C(O)c1cc(-c2cc(F)c(F)cc2F)ccc1OC(F)(F)F. The molecule has 3 nitrogen and oxygen atoms in total. The third-order valence-corrected chi connectivity index (χ3v) is 2.76. The average molecular weight is 336 g/mol. The molecule has 0 saturated carbocycles. The van der Waals surface area contributed by atoms with Gasteiger partial charge in [-0.2, -0.15) is 0 Å². The summed E-state index contributed by atoms with van der Waals surface area (Å²) in [7, 11) is 0. The second-order valence-electron chi connectivity index (χ2n) is 4.31. The number of carboxylic acid groups (broad SMARTS) is 1. The molecule has 0 aliphatic carbocycles. The molecule has 0 aliphatic rings. The van der Waals surface area contributed by atoms with Gasteiger partial charge in [-0.15, -0.1) is 13.2 Å². The van der Waals surface area contributed by atoms with Crippen LogP contribution >= 0.6 is 0 Å². The number of carboxylic acids is 1. The van der Waals surface area contributed by atoms with Crippen LogP contribution in [0.1, 0.15) is 10.4 Å². The summed E-state index contributed by atoms with van der Waals surface area (Å²) in [6, 6.07) is 2.91. The van der Waals surface area contributed by atoms with Gasteiger partial charge in [0.05, 0.1) is 0 Å². The van der Waals surface area contributed by atoms with Gasteiger partial charge in [-0.25, -0.2) is 18.0 Å². The number of halogens is 6. The van der Waals surface area contributed by atoms with E-state index in [0.29, 0.717) is 18.2 Å². The van der Waals surface area contributed by atoms with Crippen LogP contribution < -0.4 is 4.74 Å². The largest absolute Gasteiger partial charge is 0.573 e. The van der Waals surface area contributed by atoms with E-state index < -0.39 is 46.7 Å². The Morgan fingerprint density at radius 2 is 1.57 bits per heavy atom. The highest BCUT2D eigenvalue weighted by molar-refractivity contribution is 5.92. The molecule has 1 N–H and O–H groups in total. The molecule has 0 spiro atoms. The molecule has 0 saturated heterocycles. The number of benzene rings is 2. The van der Waals surface area contributed by atoms with Crippen molar-refractivity contribution in [2.45, 2.75) is 6.36 Å². The Balaban J connectivity index is 2.56. The van der Waals surface area contributed by atoms with Crippen LogP contribution in [0.3, 0.4) is 0 Å². The van der Waals surface area contributed by atoms with Crippen molar-refractivity contribution in [3.05, 3.63) is 53.3 Å². The predicted octanol–water partition coefficient (Wildman–Crippen LogP) is 4.37. The van der Waals surface area contributed by atoms with Gasteiger partial charge in [0.25, 0.3) is 0 Å². The lowest BCUT2D eigenvalue weighted by Gasteiger charge is -2.13. The van der Waals surface area contributed by atoms with Crippen molar-refractivity contribution in [1.82, 2.24) is 0 Å². The number of rotatable bonds is 3. The van der Waals surface area contributed by atoms with Crippen molar-refractivity contribution < 1.29 is 41.0 Å². The fourth-order valence-corrected chi connectivity index (χ4v) is 1.82. The molecule has 2 aromatic rings. The van der Waals surface area contributed by atoms with Crippen molar-refractivity contribution in [1.29, 1.82) is 0 Å². The summed E-state index contributed by atoms with van der Waals surface area (Å²) in [6.45, 7) is 0. The van der Waals surface area contributed by atoms with Gasteiger partial charge in [0.1, 0.15) is 17.1 Å². The lowest BCUT2D eigenvalue weighted by Crippen LogP contribution is -2.19. The third kappa shape index (κ3) is 3.74. The smallest absolute Gasteiger partial charge is 0.478 e. The Morgan fingerprint density at radius 3 is 2.13 bits per heavy atom. The molecule has 0 fully saturated rings. The Labute approximate surface area is 124 Å². The molecule has 0 aliphatic heterocycles. The highest BCUT2D eigenvalue weighted by Crippen LogP contribution is 2.32. The standard InChI is InChI=1S/C14H6F6O3/c15-9-5-11(17)10(16)4-7(9)6-1-2-12(23-14(18,19)20)8(3-6)13(21)22/h1-5H,(H,21,22). The molecule has 0 aromatic heterocycles. The van der Waals surface area contributed by atoms with E-state index in [1.165, 1.54) is 0 Å². The van der Waals surface area contributed by atoms with Crippen LogP contribution in [0.15, 0.2) is 30.3 Å². The summed E-state index contributed by atoms with van der Waals surface area (Å²) in [5, 5.41) is 8.93. The maximum absolute atomic E-state index is 13.7. The van der Waals surface area contributed by atoms with E-state index in [2.05, 4.69) is 4.74 Å². The van der Waals surface area contributed by atoms with Gasteiger partial charge in [-0.05, 0) is 23.8 Å². The summed E-state index contributed by atoms with van der Waals surface area (Å²) in [5.41, 5.74) is -1.68. The van der Waals surface area contributed by atoms with Crippen molar-refractivity contribution >= 4 is 5.97 Å². The van der Waals surface area contributed by atoms with Crippen molar-refractivity contribution in [2.75, 3.05) is 0 Å². The summed E-state index contributed by atoms with van der Waals surface area (Å²) < 4.78 is 79.9. The monoisotopic (exact) mass is 336 g/mol. The van der Waals surface area contributed by atoms with E-state index >= 15 is 0 Å². The lowest BCUT2D eigenvalue weighted by molar-refractivity contribution is -0.274. The summed E-state index contributed by atoms with van der Waals surface area (Å²) >= 11 is 0. The number of hydrogen-bond donors (Lipinski definition) is 1. The molecule has 0 unspecified atom stereocenters. The first-order chi connectivity index (χ1) is 10.6. The molecule has 9 heteroatoms. The van der Waals surface area contributed by atoms with Crippen LogP contribution in [-0.4, -0.2) is 17.4 Å². The second-order valence-corrected chi connectivity index (χ2v) is 4.31. The first-order valence-electron chi connectivity index (χ1n) is 5.86. The molecule has 2 rings (SSSR count). The molecule has 0 amide bonds. The van der Waals surface area contributed by atoms with Gasteiger partial charge in [0, 0.05) is 11.6 Å². The number of hydrogen-bond acceptors (Lipinski definition) is 2.